The van der Waals surface area contributed by atoms with Crippen LogP contribution in [0.25, 0.3) is 0 Å². The Balaban J connectivity index is 2.57. The van der Waals surface area contributed by atoms with Crippen molar-refractivity contribution in [3.8, 4) is 0 Å². The summed E-state index contributed by atoms with van der Waals surface area (Å²) in [6, 6.07) is 0. The van der Waals surface area contributed by atoms with Crippen LogP contribution < -0.4 is 0 Å². The molecule has 1 fully saturated rings. The van der Waals surface area contributed by atoms with Crippen LogP contribution in [0.1, 0.15) is 25.0 Å². The molecule has 1 aliphatic rings. The number of aliphatic carboxylic acids is 1. The second-order valence-corrected chi connectivity index (χ2v) is 7.41. The number of halogens is 8. The Morgan fingerprint density at radius 1 is 1.11 bits per heavy atom. The molecule has 150 valence electrons. The molecule has 0 aromatic heterocycles. The zero-order valence-corrected chi connectivity index (χ0v) is 15.0. The normalized spacial score (nSPS) is 24.9. The maximum absolute atomic E-state index is 14.1. The third-order valence-electron chi connectivity index (χ3n) is 5.36. The first-order chi connectivity index (χ1) is 12.1. The predicted octanol–water partition coefficient (Wildman–Crippen LogP) is 5.51. The highest BCUT2D eigenvalue weighted by Gasteiger charge is 2.75. The van der Waals surface area contributed by atoms with Crippen LogP contribution in [0, 0.1) is 46.9 Å². The van der Waals surface area contributed by atoms with Crippen molar-refractivity contribution >= 4 is 17.6 Å². The Kier molecular flexibility index (Phi) is 5.10. The summed E-state index contributed by atoms with van der Waals surface area (Å²) in [7, 11) is 0. The molecule has 0 bridgehead atoms. The van der Waals surface area contributed by atoms with E-state index in [2.05, 4.69) is 0 Å². The molecule has 2 nitrogen and oxygen atoms in total. The Morgan fingerprint density at radius 2 is 1.56 bits per heavy atom. The molecule has 1 aromatic rings. The first-order valence-electron chi connectivity index (χ1n) is 7.61. The molecule has 27 heavy (non-hydrogen) atoms. The molecule has 0 heterocycles. The van der Waals surface area contributed by atoms with E-state index in [1.54, 1.807) is 0 Å². The van der Waals surface area contributed by atoms with Crippen LogP contribution in [0.15, 0.2) is 11.1 Å². The van der Waals surface area contributed by atoms with Gasteiger partial charge in [-0.1, -0.05) is 25.4 Å². The molecular formula is C17H14ClF7O2. The monoisotopic (exact) mass is 418 g/mol. The van der Waals surface area contributed by atoms with Crippen LogP contribution in [-0.2, 0) is 11.2 Å². The van der Waals surface area contributed by atoms with Gasteiger partial charge >= 0.3 is 12.1 Å². The van der Waals surface area contributed by atoms with Crippen molar-refractivity contribution in [1.82, 2.24) is 0 Å². The zero-order valence-electron chi connectivity index (χ0n) is 14.2. The first-order valence-corrected chi connectivity index (χ1v) is 7.98. The lowest BCUT2D eigenvalue weighted by atomic mass is 9.94. The molecule has 0 radical (unpaired) electrons. The van der Waals surface area contributed by atoms with Crippen LogP contribution in [0.3, 0.4) is 0 Å². The number of rotatable bonds is 4. The molecule has 1 aliphatic carbocycles. The van der Waals surface area contributed by atoms with Gasteiger partial charge in [0.05, 0.1) is 5.41 Å². The number of carboxylic acids is 1. The molecule has 1 N–H and O–H groups in total. The first kappa shape index (κ1) is 21.5. The van der Waals surface area contributed by atoms with E-state index >= 15 is 0 Å². The Bertz CT molecular complexity index is 816. The highest BCUT2D eigenvalue weighted by atomic mass is 35.5. The summed E-state index contributed by atoms with van der Waals surface area (Å²) >= 11 is 5.16. The fourth-order valence-corrected chi connectivity index (χ4v) is 3.72. The van der Waals surface area contributed by atoms with Crippen molar-refractivity contribution in [1.29, 1.82) is 0 Å². The highest BCUT2D eigenvalue weighted by molar-refractivity contribution is 6.30. The van der Waals surface area contributed by atoms with Gasteiger partial charge in [-0.2, -0.15) is 13.2 Å². The minimum absolute atomic E-state index is 0.276. The number of carboxylic acid groups (broad SMARTS) is 1. The van der Waals surface area contributed by atoms with Gasteiger partial charge in [0.25, 0.3) is 0 Å². The molecule has 0 saturated heterocycles. The third-order valence-corrected chi connectivity index (χ3v) is 5.69. The summed E-state index contributed by atoms with van der Waals surface area (Å²) < 4.78 is 93.9. The molecular weight excluding hydrogens is 405 g/mol. The van der Waals surface area contributed by atoms with Crippen LogP contribution in [0.4, 0.5) is 30.7 Å². The summed E-state index contributed by atoms with van der Waals surface area (Å²) in [6.07, 6.45) is -5.58. The van der Waals surface area contributed by atoms with Gasteiger partial charge in [0.2, 0.25) is 0 Å². The van der Waals surface area contributed by atoms with Crippen molar-refractivity contribution in [2.24, 2.45) is 16.7 Å². The average Bonchev–Trinajstić information content (AvgIpc) is 3.02. The quantitative estimate of drug-likeness (QED) is 0.517. The van der Waals surface area contributed by atoms with Crippen LogP contribution in [0.5, 0.6) is 0 Å². The molecule has 2 atom stereocenters. The van der Waals surface area contributed by atoms with E-state index in [1.807, 2.05) is 0 Å². The third kappa shape index (κ3) is 3.09. The fourth-order valence-electron chi connectivity index (χ4n) is 3.55. The molecule has 0 amide bonds. The molecule has 2 unspecified atom stereocenters. The SMILES string of the molecule is Cc1c(F)c(F)c(CC2C(C)(C)C2(/C=C(\Cl)C(F)(F)F)C(=O)O)c(F)c1F. The number of alkyl halides is 3. The largest absolute Gasteiger partial charge is 0.481 e. The average molecular weight is 419 g/mol. The number of benzene rings is 1. The lowest BCUT2D eigenvalue weighted by Gasteiger charge is -2.13. The van der Waals surface area contributed by atoms with Gasteiger partial charge in [0, 0.05) is 11.1 Å². The van der Waals surface area contributed by atoms with E-state index in [1.165, 1.54) is 13.8 Å². The van der Waals surface area contributed by atoms with Gasteiger partial charge in [0.15, 0.2) is 23.3 Å². The number of hydrogen-bond donors (Lipinski definition) is 1. The minimum Gasteiger partial charge on any atom is -0.481 e. The van der Waals surface area contributed by atoms with E-state index in [9.17, 15) is 40.6 Å². The fraction of sp³-hybridized carbons (Fsp3) is 0.471. The van der Waals surface area contributed by atoms with Crippen molar-refractivity contribution < 1.29 is 40.6 Å². The van der Waals surface area contributed by atoms with Gasteiger partial charge in [-0.05, 0) is 30.8 Å². The van der Waals surface area contributed by atoms with Crippen LogP contribution in [0.2, 0.25) is 0 Å². The van der Waals surface area contributed by atoms with Gasteiger partial charge in [-0.3, -0.25) is 4.79 Å². The van der Waals surface area contributed by atoms with Gasteiger partial charge in [-0.25, -0.2) is 17.6 Å². The van der Waals surface area contributed by atoms with E-state index in [-0.39, 0.29) is 6.08 Å². The van der Waals surface area contributed by atoms with Gasteiger partial charge < -0.3 is 5.11 Å². The molecule has 0 aliphatic heterocycles. The summed E-state index contributed by atoms with van der Waals surface area (Å²) in [5.41, 5.74) is -5.58. The summed E-state index contributed by atoms with van der Waals surface area (Å²) in [5.74, 6) is -9.70. The van der Waals surface area contributed by atoms with Crippen molar-refractivity contribution in [3.05, 3.63) is 45.5 Å². The zero-order chi connectivity index (χ0) is 21.1. The Labute approximate surface area is 154 Å². The summed E-state index contributed by atoms with van der Waals surface area (Å²) in [6.45, 7) is 3.34. The summed E-state index contributed by atoms with van der Waals surface area (Å²) in [4.78, 5) is 11.7. The Hall–Kier alpha value is -1.77. The maximum Gasteiger partial charge on any atom is 0.426 e. The smallest absolute Gasteiger partial charge is 0.426 e. The van der Waals surface area contributed by atoms with E-state index in [0.29, 0.717) is 0 Å². The molecule has 1 aromatic carbocycles. The van der Waals surface area contributed by atoms with Crippen molar-refractivity contribution in [2.75, 3.05) is 0 Å². The van der Waals surface area contributed by atoms with E-state index < -0.39 is 74.7 Å². The highest BCUT2D eigenvalue weighted by Crippen LogP contribution is 2.71. The minimum atomic E-state index is -5.02. The maximum atomic E-state index is 14.1. The molecule has 10 heteroatoms. The van der Waals surface area contributed by atoms with Gasteiger partial charge in [0.1, 0.15) is 5.03 Å². The summed E-state index contributed by atoms with van der Waals surface area (Å²) in [5, 5.41) is 7.78. The second-order valence-electron chi connectivity index (χ2n) is 7.00. The number of hydrogen-bond acceptors (Lipinski definition) is 1. The van der Waals surface area contributed by atoms with Gasteiger partial charge in [-0.15, -0.1) is 0 Å². The lowest BCUT2D eigenvalue weighted by molar-refractivity contribution is -0.143. The standard InChI is InChI=1S/C17H14ClF7O2/c1-6-10(19)12(21)7(13(22)11(6)20)4-8-15(2,3)16(8,14(26)27)5-9(18)17(23,24)25/h5,8H,4H2,1-3H3,(H,26,27)/b9-5-. The number of carbonyl (C=O) groups is 1. The van der Waals surface area contributed by atoms with Crippen molar-refractivity contribution in [3.63, 3.8) is 0 Å². The lowest BCUT2D eigenvalue weighted by Crippen LogP contribution is -2.22. The topological polar surface area (TPSA) is 37.3 Å². The van der Waals surface area contributed by atoms with E-state index in [4.69, 9.17) is 11.6 Å². The van der Waals surface area contributed by atoms with Crippen LogP contribution >= 0.6 is 11.6 Å². The molecule has 2 rings (SSSR count). The molecule has 1 saturated carbocycles. The Morgan fingerprint density at radius 3 is 1.93 bits per heavy atom. The number of allylic oxidation sites excluding steroid dienone is 1. The van der Waals surface area contributed by atoms with Crippen LogP contribution in [-0.4, -0.2) is 17.3 Å². The van der Waals surface area contributed by atoms with Crippen molar-refractivity contribution in [2.45, 2.75) is 33.4 Å². The second kappa shape index (κ2) is 6.39. The van der Waals surface area contributed by atoms with E-state index in [0.717, 1.165) is 6.92 Å². The molecule has 0 spiro atoms. The predicted molar refractivity (Wildman–Crippen MR) is 82.0 cm³/mol.